The quantitative estimate of drug-likeness (QED) is 0.890. The van der Waals surface area contributed by atoms with Gasteiger partial charge in [0.2, 0.25) is 0 Å². The van der Waals surface area contributed by atoms with Gasteiger partial charge in [-0.25, -0.2) is 4.79 Å². The molecule has 0 fully saturated rings. The summed E-state index contributed by atoms with van der Waals surface area (Å²) in [6.07, 6.45) is -0.448. The van der Waals surface area contributed by atoms with Crippen molar-refractivity contribution < 1.29 is 9.53 Å². The third-order valence-electron chi connectivity index (χ3n) is 1.85. The molecule has 0 saturated heterocycles. The molecular formula is C12H15BrClNO2. The third-order valence-corrected chi connectivity index (χ3v) is 2.70. The summed E-state index contributed by atoms with van der Waals surface area (Å²) in [6.45, 7) is 5.83. The lowest BCUT2D eigenvalue weighted by Crippen LogP contribution is -2.40. The Morgan fingerprint density at radius 1 is 1.47 bits per heavy atom. The average Bonchev–Trinajstić information content (AvgIpc) is 2.13. The summed E-state index contributed by atoms with van der Waals surface area (Å²) in [6, 6.07) is 5.44. The number of halogens is 2. The molecule has 0 aliphatic heterocycles. The van der Waals surface area contributed by atoms with Crippen LogP contribution >= 0.6 is 27.5 Å². The minimum absolute atomic E-state index is 0.161. The highest BCUT2D eigenvalue weighted by molar-refractivity contribution is 9.10. The molecule has 0 aliphatic rings. The SMILES string of the molecule is CC(C)(C)NC(=O)OCc1ccc(Br)cc1Cl. The molecule has 0 spiro atoms. The summed E-state index contributed by atoms with van der Waals surface area (Å²) in [4.78, 5) is 11.4. The minimum atomic E-state index is -0.448. The summed E-state index contributed by atoms with van der Waals surface area (Å²) in [5.74, 6) is 0. The van der Waals surface area contributed by atoms with Crippen molar-refractivity contribution in [1.29, 1.82) is 0 Å². The molecule has 94 valence electrons. The second-order valence-corrected chi connectivity index (χ2v) is 6.01. The molecule has 0 aliphatic carbocycles. The molecule has 0 heterocycles. The third kappa shape index (κ3) is 5.41. The first-order valence-electron chi connectivity index (χ1n) is 5.17. The topological polar surface area (TPSA) is 38.3 Å². The van der Waals surface area contributed by atoms with E-state index in [4.69, 9.17) is 16.3 Å². The molecule has 17 heavy (non-hydrogen) atoms. The van der Waals surface area contributed by atoms with Crippen molar-refractivity contribution in [3.8, 4) is 0 Å². The summed E-state index contributed by atoms with van der Waals surface area (Å²) < 4.78 is 5.97. The molecule has 0 bridgehead atoms. The Morgan fingerprint density at radius 2 is 2.12 bits per heavy atom. The van der Waals surface area contributed by atoms with Crippen molar-refractivity contribution in [1.82, 2.24) is 5.32 Å². The van der Waals surface area contributed by atoms with Crippen LogP contribution in [-0.4, -0.2) is 11.6 Å². The number of carbonyl (C=O) groups is 1. The maximum Gasteiger partial charge on any atom is 0.407 e. The van der Waals surface area contributed by atoms with Crippen LogP contribution in [0, 0.1) is 0 Å². The van der Waals surface area contributed by atoms with Crippen molar-refractivity contribution >= 4 is 33.6 Å². The lowest BCUT2D eigenvalue weighted by molar-refractivity contribution is 0.131. The molecule has 1 rings (SSSR count). The molecule has 1 N–H and O–H groups in total. The standard InChI is InChI=1S/C12H15BrClNO2/c1-12(2,3)15-11(16)17-7-8-4-5-9(13)6-10(8)14/h4-6H,7H2,1-3H3,(H,15,16). The largest absolute Gasteiger partial charge is 0.445 e. The van der Waals surface area contributed by atoms with E-state index in [1.807, 2.05) is 32.9 Å². The van der Waals surface area contributed by atoms with Crippen LogP contribution in [0.25, 0.3) is 0 Å². The molecule has 1 aromatic rings. The second kappa shape index (κ2) is 5.74. The molecule has 0 saturated carbocycles. The van der Waals surface area contributed by atoms with Gasteiger partial charge in [0.25, 0.3) is 0 Å². The maximum absolute atomic E-state index is 11.4. The Morgan fingerprint density at radius 3 is 2.65 bits per heavy atom. The molecule has 5 heteroatoms. The minimum Gasteiger partial charge on any atom is -0.445 e. The Kier molecular flexibility index (Phi) is 4.83. The predicted molar refractivity (Wildman–Crippen MR) is 72.2 cm³/mol. The van der Waals surface area contributed by atoms with E-state index in [0.717, 1.165) is 10.0 Å². The Labute approximate surface area is 115 Å². The van der Waals surface area contributed by atoms with Gasteiger partial charge in [0, 0.05) is 20.6 Å². The number of hydrogen-bond donors (Lipinski definition) is 1. The maximum atomic E-state index is 11.4. The van der Waals surface area contributed by atoms with Gasteiger partial charge in [0.15, 0.2) is 0 Å². The zero-order valence-electron chi connectivity index (χ0n) is 10.0. The normalized spacial score (nSPS) is 11.1. The lowest BCUT2D eigenvalue weighted by Gasteiger charge is -2.20. The van der Waals surface area contributed by atoms with Crippen LogP contribution in [-0.2, 0) is 11.3 Å². The van der Waals surface area contributed by atoms with Crippen LogP contribution in [0.5, 0.6) is 0 Å². The van der Waals surface area contributed by atoms with E-state index in [0.29, 0.717) is 5.02 Å². The highest BCUT2D eigenvalue weighted by Crippen LogP contribution is 2.21. The van der Waals surface area contributed by atoms with Crippen LogP contribution in [0.15, 0.2) is 22.7 Å². The molecule has 0 unspecified atom stereocenters. The van der Waals surface area contributed by atoms with E-state index in [-0.39, 0.29) is 12.1 Å². The van der Waals surface area contributed by atoms with E-state index in [9.17, 15) is 4.79 Å². The van der Waals surface area contributed by atoms with E-state index in [1.165, 1.54) is 0 Å². The Hall–Kier alpha value is -0.740. The zero-order valence-corrected chi connectivity index (χ0v) is 12.4. The van der Waals surface area contributed by atoms with Gasteiger partial charge in [-0.1, -0.05) is 33.6 Å². The van der Waals surface area contributed by atoms with Crippen molar-refractivity contribution in [2.75, 3.05) is 0 Å². The molecule has 1 amide bonds. The number of amides is 1. The monoisotopic (exact) mass is 319 g/mol. The number of ether oxygens (including phenoxy) is 1. The van der Waals surface area contributed by atoms with Gasteiger partial charge in [-0.15, -0.1) is 0 Å². The van der Waals surface area contributed by atoms with Crippen LogP contribution in [0.1, 0.15) is 26.3 Å². The summed E-state index contributed by atoms with van der Waals surface area (Å²) in [5, 5.41) is 3.28. The smallest absolute Gasteiger partial charge is 0.407 e. The van der Waals surface area contributed by atoms with Gasteiger partial charge in [-0.2, -0.15) is 0 Å². The lowest BCUT2D eigenvalue weighted by atomic mass is 10.1. The van der Waals surface area contributed by atoms with Crippen LogP contribution in [0.4, 0.5) is 4.79 Å². The van der Waals surface area contributed by atoms with Gasteiger partial charge in [-0.3, -0.25) is 0 Å². The van der Waals surface area contributed by atoms with Gasteiger partial charge in [0.1, 0.15) is 6.61 Å². The van der Waals surface area contributed by atoms with Gasteiger partial charge < -0.3 is 10.1 Å². The number of rotatable bonds is 2. The first kappa shape index (κ1) is 14.3. The summed E-state index contributed by atoms with van der Waals surface area (Å²) >= 11 is 9.32. The number of carbonyl (C=O) groups excluding carboxylic acids is 1. The highest BCUT2D eigenvalue weighted by Gasteiger charge is 2.14. The van der Waals surface area contributed by atoms with Crippen molar-refractivity contribution in [2.24, 2.45) is 0 Å². The number of nitrogens with one attached hydrogen (secondary N) is 1. The van der Waals surface area contributed by atoms with Gasteiger partial charge >= 0.3 is 6.09 Å². The number of alkyl carbamates (subject to hydrolysis) is 1. The van der Waals surface area contributed by atoms with Gasteiger partial charge in [0.05, 0.1) is 0 Å². The van der Waals surface area contributed by atoms with Crippen molar-refractivity contribution in [3.05, 3.63) is 33.3 Å². The molecular weight excluding hydrogens is 305 g/mol. The molecule has 0 atom stereocenters. The molecule has 0 radical (unpaired) electrons. The molecule has 0 aromatic heterocycles. The van der Waals surface area contributed by atoms with E-state index in [1.54, 1.807) is 6.07 Å². The fraction of sp³-hybridized carbons (Fsp3) is 0.417. The average molecular weight is 321 g/mol. The molecule has 3 nitrogen and oxygen atoms in total. The van der Waals surface area contributed by atoms with Crippen molar-refractivity contribution in [3.63, 3.8) is 0 Å². The van der Waals surface area contributed by atoms with E-state index >= 15 is 0 Å². The van der Waals surface area contributed by atoms with Crippen LogP contribution in [0.3, 0.4) is 0 Å². The Balaban J connectivity index is 2.53. The first-order valence-corrected chi connectivity index (χ1v) is 6.34. The van der Waals surface area contributed by atoms with Crippen LogP contribution in [0.2, 0.25) is 5.02 Å². The summed E-state index contributed by atoms with van der Waals surface area (Å²) in [5.41, 5.74) is 0.472. The zero-order chi connectivity index (χ0) is 13.1. The molecule has 1 aromatic carbocycles. The van der Waals surface area contributed by atoms with E-state index < -0.39 is 6.09 Å². The van der Waals surface area contributed by atoms with Crippen molar-refractivity contribution in [2.45, 2.75) is 32.9 Å². The number of benzene rings is 1. The Bertz CT molecular complexity index is 415. The van der Waals surface area contributed by atoms with Crippen LogP contribution < -0.4 is 5.32 Å². The highest BCUT2D eigenvalue weighted by atomic mass is 79.9. The second-order valence-electron chi connectivity index (χ2n) is 4.69. The predicted octanol–water partition coefficient (Wildman–Crippen LogP) is 4.13. The number of hydrogen-bond acceptors (Lipinski definition) is 2. The first-order chi connectivity index (χ1) is 7.78. The fourth-order valence-electron chi connectivity index (χ4n) is 1.12. The van der Waals surface area contributed by atoms with Gasteiger partial charge in [-0.05, 0) is 32.9 Å². The fourth-order valence-corrected chi connectivity index (χ4v) is 1.85. The summed E-state index contributed by atoms with van der Waals surface area (Å²) in [7, 11) is 0. The van der Waals surface area contributed by atoms with E-state index in [2.05, 4.69) is 21.2 Å².